The second kappa shape index (κ2) is 4.53. The van der Waals surface area contributed by atoms with Gasteiger partial charge in [0.1, 0.15) is 5.52 Å². The number of nitrogens with zero attached hydrogens (tertiary/aromatic N) is 1. The number of benzene rings is 1. The third kappa shape index (κ3) is 2.16. The molecule has 0 aliphatic heterocycles. The number of halogens is 2. The Hall–Kier alpha value is -1.68. The maximum absolute atomic E-state index is 13.8. The summed E-state index contributed by atoms with van der Waals surface area (Å²) in [5, 5.41) is 9.55. The van der Waals surface area contributed by atoms with E-state index in [0.717, 1.165) is 6.07 Å². The van der Waals surface area contributed by atoms with Crippen LogP contribution in [-0.4, -0.2) is 16.1 Å². The van der Waals surface area contributed by atoms with Crippen molar-refractivity contribution in [1.82, 2.24) is 4.98 Å². The first-order chi connectivity index (χ1) is 8.40. The van der Waals surface area contributed by atoms with Gasteiger partial charge >= 0.3 is 5.97 Å². The second-order valence-electron chi connectivity index (χ2n) is 4.34. The van der Waals surface area contributed by atoms with Gasteiger partial charge in [-0.15, -0.1) is 0 Å². The van der Waals surface area contributed by atoms with E-state index in [0.29, 0.717) is 5.69 Å². The molecule has 0 atom stereocenters. The van der Waals surface area contributed by atoms with Crippen molar-refractivity contribution in [2.45, 2.75) is 19.8 Å². The van der Waals surface area contributed by atoms with Crippen LogP contribution in [-0.2, 0) is 0 Å². The van der Waals surface area contributed by atoms with Crippen LogP contribution in [0.4, 0.5) is 4.39 Å². The molecular formula is C13H11ClFNO2. The average molecular weight is 268 g/mol. The van der Waals surface area contributed by atoms with E-state index < -0.39 is 11.8 Å². The van der Waals surface area contributed by atoms with Gasteiger partial charge in [-0.1, -0.05) is 25.4 Å². The van der Waals surface area contributed by atoms with Crippen molar-refractivity contribution in [2.24, 2.45) is 0 Å². The summed E-state index contributed by atoms with van der Waals surface area (Å²) in [5.74, 6) is -1.71. The summed E-state index contributed by atoms with van der Waals surface area (Å²) in [7, 11) is 0. The van der Waals surface area contributed by atoms with Crippen molar-refractivity contribution < 1.29 is 14.3 Å². The van der Waals surface area contributed by atoms with Gasteiger partial charge in [0.25, 0.3) is 0 Å². The van der Waals surface area contributed by atoms with Crippen molar-refractivity contribution in [3.05, 3.63) is 40.3 Å². The number of hydrogen-bond acceptors (Lipinski definition) is 2. The molecule has 1 aromatic heterocycles. The van der Waals surface area contributed by atoms with Crippen molar-refractivity contribution in [3.63, 3.8) is 0 Å². The summed E-state index contributed by atoms with van der Waals surface area (Å²) >= 11 is 5.74. The summed E-state index contributed by atoms with van der Waals surface area (Å²) in [4.78, 5) is 15.4. The molecule has 5 heteroatoms. The van der Waals surface area contributed by atoms with Crippen LogP contribution in [0.1, 0.15) is 35.8 Å². The Labute approximate surface area is 108 Å². The number of carboxylic acids is 1. The van der Waals surface area contributed by atoms with Crippen molar-refractivity contribution in [2.75, 3.05) is 0 Å². The first kappa shape index (κ1) is 12.8. The molecule has 0 saturated heterocycles. The summed E-state index contributed by atoms with van der Waals surface area (Å²) in [6.07, 6.45) is 0. The molecule has 0 aliphatic carbocycles. The topological polar surface area (TPSA) is 50.2 Å². The highest BCUT2D eigenvalue weighted by Gasteiger charge is 2.16. The van der Waals surface area contributed by atoms with Gasteiger partial charge in [0, 0.05) is 16.1 Å². The Bertz CT molecular complexity index is 640. The minimum Gasteiger partial charge on any atom is -0.478 e. The summed E-state index contributed by atoms with van der Waals surface area (Å²) in [5.41, 5.74) is 0.606. The molecule has 0 aliphatic rings. The SMILES string of the molecule is CC(C)c1cc(C(=O)O)c2cc(Cl)cc(F)c2n1. The number of carboxylic acid groups (broad SMARTS) is 1. The molecule has 1 aromatic carbocycles. The normalized spacial score (nSPS) is 11.2. The van der Waals surface area contributed by atoms with Crippen LogP contribution in [0.5, 0.6) is 0 Å². The molecule has 18 heavy (non-hydrogen) atoms. The molecule has 0 spiro atoms. The van der Waals surface area contributed by atoms with Gasteiger partial charge in [-0.25, -0.2) is 14.2 Å². The minimum absolute atomic E-state index is 0.0163. The smallest absolute Gasteiger partial charge is 0.336 e. The molecule has 3 nitrogen and oxygen atoms in total. The first-order valence-corrected chi connectivity index (χ1v) is 5.81. The van der Waals surface area contributed by atoms with Crippen LogP contribution >= 0.6 is 11.6 Å². The van der Waals surface area contributed by atoms with Crippen LogP contribution in [0, 0.1) is 5.82 Å². The molecule has 1 heterocycles. The predicted octanol–water partition coefficient (Wildman–Crippen LogP) is 3.85. The standard InChI is InChI=1S/C13H11ClFNO2/c1-6(2)11-5-9(13(17)18)8-3-7(14)4-10(15)12(8)16-11/h3-6H,1-2H3,(H,17,18). The number of pyridine rings is 1. The Morgan fingerprint density at radius 1 is 1.39 bits per heavy atom. The summed E-state index contributed by atoms with van der Waals surface area (Å²) in [6, 6.07) is 4.01. The third-order valence-electron chi connectivity index (χ3n) is 2.67. The lowest BCUT2D eigenvalue weighted by Crippen LogP contribution is -2.04. The molecule has 2 rings (SSSR count). The van der Waals surface area contributed by atoms with Crippen molar-refractivity contribution in [3.8, 4) is 0 Å². The van der Waals surface area contributed by atoms with Crippen LogP contribution in [0.15, 0.2) is 18.2 Å². The molecule has 0 saturated carbocycles. The number of aromatic carboxylic acids is 1. The Morgan fingerprint density at radius 3 is 2.61 bits per heavy atom. The zero-order valence-corrected chi connectivity index (χ0v) is 10.6. The highest BCUT2D eigenvalue weighted by atomic mass is 35.5. The highest BCUT2D eigenvalue weighted by molar-refractivity contribution is 6.31. The van der Waals surface area contributed by atoms with E-state index in [2.05, 4.69) is 4.98 Å². The fraction of sp³-hybridized carbons (Fsp3) is 0.231. The van der Waals surface area contributed by atoms with Gasteiger partial charge in [-0.05, 0) is 24.1 Å². The van der Waals surface area contributed by atoms with Gasteiger partial charge in [0.05, 0.1) is 5.56 Å². The van der Waals surface area contributed by atoms with E-state index >= 15 is 0 Å². The lowest BCUT2D eigenvalue weighted by atomic mass is 10.0. The second-order valence-corrected chi connectivity index (χ2v) is 4.77. The Kier molecular flexibility index (Phi) is 3.22. The fourth-order valence-corrected chi connectivity index (χ4v) is 1.95. The van der Waals surface area contributed by atoms with Crippen LogP contribution in [0.25, 0.3) is 10.9 Å². The number of aromatic nitrogens is 1. The van der Waals surface area contributed by atoms with E-state index in [1.807, 2.05) is 13.8 Å². The number of hydrogen-bond donors (Lipinski definition) is 1. The van der Waals surface area contributed by atoms with Crippen LogP contribution < -0.4 is 0 Å². The molecule has 2 aromatic rings. The predicted molar refractivity (Wildman–Crippen MR) is 67.8 cm³/mol. The van der Waals surface area contributed by atoms with E-state index in [1.54, 1.807) is 0 Å². The fourth-order valence-electron chi connectivity index (χ4n) is 1.74. The first-order valence-electron chi connectivity index (χ1n) is 5.43. The summed E-state index contributed by atoms with van der Waals surface area (Å²) in [6.45, 7) is 3.74. The zero-order chi connectivity index (χ0) is 13.4. The van der Waals surface area contributed by atoms with Gasteiger partial charge in [0.2, 0.25) is 0 Å². The van der Waals surface area contributed by atoms with Gasteiger partial charge in [-0.3, -0.25) is 0 Å². The quantitative estimate of drug-likeness (QED) is 0.899. The lowest BCUT2D eigenvalue weighted by molar-refractivity contribution is 0.0699. The van der Waals surface area contributed by atoms with Crippen LogP contribution in [0.2, 0.25) is 5.02 Å². The van der Waals surface area contributed by atoms with Gasteiger partial charge in [-0.2, -0.15) is 0 Å². The molecule has 0 amide bonds. The highest BCUT2D eigenvalue weighted by Crippen LogP contribution is 2.27. The molecule has 94 valence electrons. The monoisotopic (exact) mass is 267 g/mol. The summed E-state index contributed by atoms with van der Waals surface area (Å²) < 4.78 is 13.8. The van der Waals surface area contributed by atoms with E-state index in [-0.39, 0.29) is 27.4 Å². The molecule has 0 fully saturated rings. The number of rotatable bonds is 2. The zero-order valence-electron chi connectivity index (χ0n) is 9.87. The molecule has 1 N–H and O–H groups in total. The maximum atomic E-state index is 13.8. The molecule has 0 bridgehead atoms. The third-order valence-corrected chi connectivity index (χ3v) is 2.89. The number of fused-ring (bicyclic) bond motifs is 1. The minimum atomic E-state index is -1.12. The average Bonchev–Trinajstić information content (AvgIpc) is 2.27. The van der Waals surface area contributed by atoms with E-state index in [1.165, 1.54) is 12.1 Å². The maximum Gasteiger partial charge on any atom is 0.336 e. The van der Waals surface area contributed by atoms with Crippen LogP contribution in [0.3, 0.4) is 0 Å². The largest absolute Gasteiger partial charge is 0.478 e. The van der Waals surface area contributed by atoms with E-state index in [9.17, 15) is 14.3 Å². The van der Waals surface area contributed by atoms with Gasteiger partial charge < -0.3 is 5.11 Å². The molecule has 0 radical (unpaired) electrons. The number of carbonyl (C=O) groups is 1. The van der Waals surface area contributed by atoms with Gasteiger partial charge in [0.15, 0.2) is 5.82 Å². The lowest BCUT2D eigenvalue weighted by Gasteiger charge is -2.10. The van der Waals surface area contributed by atoms with Crippen molar-refractivity contribution in [1.29, 1.82) is 0 Å². The Morgan fingerprint density at radius 2 is 2.06 bits per heavy atom. The molecule has 0 unspecified atom stereocenters. The molecular weight excluding hydrogens is 257 g/mol. The Balaban J connectivity index is 2.90. The van der Waals surface area contributed by atoms with Crippen molar-refractivity contribution >= 4 is 28.5 Å². The van der Waals surface area contributed by atoms with E-state index in [4.69, 9.17) is 11.6 Å².